The zero-order valence-corrected chi connectivity index (χ0v) is 16.5. The van der Waals surface area contributed by atoms with Crippen LogP contribution in [0.1, 0.15) is 22.9 Å². The number of rotatable bonds is 4. The van der Waals surface area contributed by atoms with Gasteiger partial charge in [-0.2, -0.15) is 0 Å². The maximum absolute atomic E-state index is 13.0. The second-order valence-corrected chi connectivity index (χ2v) is 7.29. The third-order valence-electron chi connectivity index (χ3n) is 5.36. The lowest BCUT2D eigenvalue weighted by atomic mass is 9.99. The van der Waals surface area contributed by atoms with Crippen molar-refractivity contribution in [1.29, 1.82) is 0 Å². The Balaban J connectivity index is 1.60. The number of amides is 1. The van der Waals surface area contributed by atoms with Crippen molar-refractivity contribution in [2.24, 2.45) is 0 Å². The summed E-state index contributed by atoms with van der Waals surface area (Å²) in [6, 6.07) is 16.8. The van der Waals surface area contributed by atoms with E-state index in [0.717, 1.165) is 5.56 Å². The zero-order valence-electron chi connectivity index (χ0n) is 16.5. The largest absolute Gasteiger partial charge is 0.507 e. The summed E-state index contributed by atoms with van der Waals surface area (Å²) in [4.78, 5) is 27.4. The zero-order chi connectivity index (χ0) is 21.4. The van der Waals surface area contributed by atoms with E-state index in [1.165, 1.54) is 11.2 Å². The first-order valence-corrected chi connectivity index (χ1v) is 9.89. The first-order chi connectivity index (χ1) is 15.1. The smallest absolute Gasteiger partial charge is 0.296 e. The summed E-state index contributed by atoms with van der Waals surface area (Å²) in [6.45, 7) is 1.04. The number of carbonyl (C=O) groups excluding carboxylic acids is 2. The van der Waals surface area contributed by atoms with E-state index in [2.05, 4.69) is 0 Å². The van der Waals surface area contributed by atoms with Crippen molar-refractivity contribution in [3.8, 4) is 11.5 Å². The number of nitrogens with zero attached hydrogens (tertiary/aromatic N) is 1. The molecule has 1 fully saturated rings. The Morgan fingerprint density at radius 2 is 1.74 bits per heavy atom. The third kappa shape index (κ3) is 3.34. The van der Waals surface area contributed by atoms with Gasteiger partial charge in [0, 0.05) is 12.1 Å². The molecule has 0 bridgehead atoms. The highest BCUT2D eigenvalue weighted by atomic mass is 16.6. The van der Waals surface area contributed by atoms with Crippen molar-refractivity contribution in [1.82, 2.24) is 4.90 Å². The molecule has 3 heterocycles. The van der Waals surface area contributed by atoms with E-state index in [4.69, 9.17) is 13.9 Å². The number of ether oxygens (including phenoxy) is 2. The van der Waals surface area contributed by atoms with E-state index in [1.54, 1.807) is 30.3 Å². The van der Waals surface area contributed by atoms with Crippen molar-refractivity contribution in [3.63, 3.8) is 0 Å². The summed E-state index contributed by atoms with van der Waals surface area (Å²) in [5.41, 5.74) is 1.20. The van der Waals surface area contributed by atoms with Crippen molar-refractivity contribution in [3.05, 3.63) is 89.4 Å². The number of likely N-dealkylation sites (tertiary alicyclic amines) is 1. The third-order valence-corrected chi connectivity index (χ3v) is 5.36. The average Bonchev–Trinajstić information content (AvgIpc) is 3.42. The monoisotopic (exact) mass is 417 g/mol. The molecule has 2 aromatic carbocycles. The highest BCUT2D eigenvalue weighted by Crippen LogP contribution is 2.41. The quantitative estimate of drug-likeness (QED) is 0.396. The molecule has 0 spiro atoms. The van der Waals surface area contributed by atoms with E-state index in [9.17, 15) is 14.7 Å². The van der Waals surface area contributed by atoms with Gasteiger partial charge in [-0.1, -0.05) is 30.3 Å². The number of aliphatic hydroxyl groups is 1. The number of furan rings is 1. The van der Waals surface area contributed by atoms with Crippen LogP contribution >= 0.6 is 0 Å². The van der Waals surface area contributed by atoms with Gasteiger partial charge in [-0.3, -0.25) is 9.59 Å². The number of carbonyl (C=O) groups is 2. The molecule has 1 aromatic heterocycles. The van der Waals surface area contributed by atoms with Gasteiger partial charge in [-0.05, 0) is 35.9 Å². The van der Waals surface area contributed by atoms with E-state index in [0.29, 0.717) is 36.0 Å². The number of ketones is 1. The molecular formula is C24H19NO6. The van der Waals surface area contributed by atoms with E-state index in [-0.39, 0.29) is 17.9 Å². The predicted octanol–water partition coefficient (Wildman–Crippen LogP) is 3.67. The molecule has 1 atom stereocenters. The van der Waals surface area contributed by atoms with Gasteiger partial charge in [-0.25, -0.2) is 0 Å². The summed E-state index contributed by atoms with van der Waals surface area (Å²) >= 11 is 0. The van der Waals surface area contributed by atoms with Crippen molar-refractivity contribution < 1.29 is 28.6 Å². The highest BCUT2D eigenvalue weighted by Gasteiger charge is 2.47. The maximum atomic E-state index is 13.0. The molecule has 31 heavy (non-hydrogen) atoms. The highest BCUT2D eigenvalue weighted by molar-refractivity contribution is 6.46. The topological polar surface area (TPSA) is 89.2 Å². The lowest BCUT2D eigenvalue weighted by molar-refractivity contribution is -0.140. The molecular weight excluding hydrogens is 398 g/mol. The molecule has 1 N–H and O–H groups in total. The minimum atomic E-state index is -0.844. The Hall–Kier alpha value is -4.00. The van der Waals surface area contributed by atoms with Gasteiger partial charge in [0.15, 0.2) is 11.5 Å². The van der Waals surface area contributed by atoms with Gasteiger partial charge in [0.05, 0.1) is 11.8 Å². The van der Waals surface area contributed by atoms with Crippen molar-refractivity contribution in [2.75, 3.05) is 13.2 Å². The van der Waals surface area contributed by atoms with E-state index < -0.39 is 17.7 Å². The Morgan fingerprint density at radius 3 is 2.48 bits per heavy atom. The second kappa shape index (κ2) is 7.68. The van der Waals surface area contributed by atoms with Gasteiger partial charge in [0.1, 0.15) is 30.8 Å². The predicted molar refractivity (Wildman–Crippen MR) is 110 cm³/mol. The van der Waals surface area contributed by atoms with Crippen molar-refractivity contribution in [2.45, 2.75) is 12.6 Å². The minimum Gasteiger partial charge on any atom is -0.507 e. The van der Waals surface area contributed by atoms with Crippen LogP contribution in [0.25, 0.3) is 5.76 Å². The van der Waals surface area contributed by atoms with Gasteiger partial charge in [-0.15, -0.1) is 0 Å². The van der Waals surface area contributed by atoms with E-state index in [1.807, 2.05) is 30.3 Å². The van der Waals surface area contributed by atoms with Crippen LogP contribution < -0.4 is 9.47 Å². The Bertz CT molecular complexity index is 1170. The van der Waals surface area contributed by atoms with Crippen molar-refractivity contribution >= 4 is 17.4 Å². The molecule has 7 heteroatoms. The first kappa shape index (κ1) is 19.0. The molecule has 156 valence electrons. The minimum absolute atomic E-state index is 0.0208. The van der Waals surface area contributed by atoms with Crippen LogP contribution in [0.4, 0.5) is 0 Å². The fourth-order valence-electron chi connectivity index (χ4n) is 3.91. The van der Waals surface area contributed by atoms with Crippen LogP contribution in [0.2, 0.25) is 0 Å². The van der Waals surface area contributed by atoms with Crippen LogP contribution in [0.15, 0.2) is 76.9 Å². The summed E-state index contributed by atoms with van der Waals surface area (Å²) in [5.74, 6) is -0.297. The summed E-state index contributed by atoms with van der Waals surface area (Å²) in [5, 5.41) is 11.1. The lowest BCUT2D eigenvalue weighted by Gasteiger charge is -2.23. The van der Waals surface area contributed by atoms with Gasteiger partial charge in [0.25, 0.3) is 11.7 Å². The molecule has 2 aliphatic rings. The number of aliphatic hydroxyl groups excluding tert-OH is 1. The molecule has 5 rings (SSSR count). The number of hydrogen-bond acceptors (Lipinski definition) is 6. The van der Waals surface area contributed by atoms with Gasteiger partial charge in [0.2, 0.25) is 0 Å². The van der Waals surface area contributed by atoms with Crippen LogP contribution in [-0.4, -0.2) is 34.9 Å². The molecule has 0 aliphatic carbocycles. The fraction of sp³-hybridized carbons (Fsp3) is 0.167. The SMILES string of the molecule is O=C1C(=O)N(Cc2ccccc2)[C@@H](c2ccco2)/C1=C(\O)c1ccc2c(c1)OCCO2. The molecule has 1 amide bonds. The number of Topliss-reactive ketones (excluding diaryl/α,β-unsaturated/α-hetero) is 1. The standard InChI is InChI=1S/C24H19NO6/c26-22(16-8-9-17-19(13-16)31-12-11-30-17)20-21(18-7-4-10-29-18)25(24(28)23(20)27)14-15-5-2-1-3-6-15/h1-10,13,21,26H,11-12,14H2/b22-20+/t21-/m0/s1. The summed E-state index contributed by atoms with van der Waals surface area (Å²) < 4.78 is 16.7. The van der Waals surface area contributed by atoms with Crippen LogP contribution in [-0.2, 0) is 16.1 Å². The molecule has 0 unspecified atom stereocenters. The molecule has 7 nitrogen and oxygen atoms in total. The second-order valence-electron chi connectivity index (χ2n) is 7.29. The Labute approximate surface area is 178 Å². The first-order valence-electron chi connectivity index (χ1n) is 9.89. The molecule has 3 aromatic rings. The van der Waals surface area contributed by atoms with Crippen LogP contribution in [0, 0.1) is 0 Å². The average molecular weight is 417 g/mol. The molecule has 2 aliphatic heterocycles. The number of hydrogen-bond donors (Lipinski definition) is 1. The molecule has 0 saturated carbocycles. The lowest BCUT2D eigenvalue weighted by Crippen LogP contribution is -2.29. The molecule has 1 saturated heterocycles. The van der Waals surface area contributed by atoms with Crippen LogP contribution in [0.3, 0.4) is 0 Å². The fourth-order valence-corrected chi connectivity index (χ4v) is 3.91. The normalized spacial score (nSPS) is 19.6. The number of benzene rings is 2. The number of fused-ring (bicyclic) bond motifs is 1. The summed E-state index contributed by atoms with van der Waals surface area (Å²) in [6.07, 6.45) is 1.47. The van der Waals surface area contributed by atoms with Crippen LogP contribution in [0.5, 0.6) is 11.5 Å². The Morgan fingerprint density at radius 1 is 0.968 bits per heavy atom. The maximum Gasteiger partial charge on any atom is 0.296 e. The van der Waals surface area contributed by atoms with Gasteiger partial charge >= 0.3 is 0 Å². The van der Waals surface area contributed by atoms with E-state index >= 15 is 0 Å². The Kier molecular flexibility index (Phi) is 4.71. The molecule has 0 radical (unpaired) electrons. The summed E-state index contributed by atoms with van der Waals surface area (Å²) in [7, 11) is 0. The van der Waals surface area contributed by atoms with Gasteiger partial charge < -0.3 is 23.9 Å².